The highest BCUT2D eigenvalue weighted by atomic mass is 32.2. The highest BCUT2D eigenvalue weighted by Gasteiger charge is 2.13. The summed E-state index contributed by atoms with van der Waals surface area (Å²) in [6.45, 7) is 7.13. The van der Waals surface area contributed by atoms with E-state index in [-0.39, 0.29) is 11.5 Å². The fraction of sp³-hybridized carbons (Fsp3) is 0.769. The van der Waals surface area contributed by atoms with Crippen molar-refractivity contribution in [3.8, 4) is 0 Å². The number of hydrogen-bond donors (Lipinski definition) is 1. The standard InChI is InChI=1S/C13H25N3O2S/c1-5-19(17,18)10-9-16-12(3)13(11(2)15-16)7-6-8-14-4/h14H,5-10H2,1-4H3. The van der Waals surface area contributed by atoms with Gasteiger partial charge in [0.15, 0.2) is 9.84 Å². The van der Waals surface area contributed by atoms with Gasteiger partial charge in [0, 0.05) is 11.4 Å². The first-order chi connectivity index (χ1) is 8.91. The van der Waals surface area contributed by atoms with E-state index in [0.29, 0.717) is 6.54 Å². The Bertz CT molecular complexity index is 506. The van der Waals surface area contributed by atoms with Gasteiger partial charge in [0.25, 0.3) is 0 Å². The van der Waals surface area contributed by atoms with E-state index in [2.05, 4.69) is 10.4 Å². The van der Waals surface area contributed by atoms with Crippen LogP contribution in [0.15, 0.2) is 0 Å². The van der Waals surface area contributed by atoms with Gasteiger partial charge >= 0.3 is 0 Å². The molecule has 1 N–H and O–H groups in total. The second-order valence-corrected chi connectivity index (χ2v) is 7.29. The van der Waals surface area contributed by atoms with Crippen molar-refractivity contribution in [2.24, 2.45) is 0 Å². The Morgan fingerprint density at radius 2 is 2.00 bits per heavy atom. The smallest absolute Gasteiger partial charge is 0.151 e. The van der Waals surface area contributed by atoms with Gasteiger partial charge in [0.1, 0.15) is 0 Å². The average molecular weight is 287 g/mol. The molecule has 0 aromatic carbocycles. The summed E-state index contributed by atoms with van der Waals surface area (Å²) in [5, 5.41) is 7.59. The van der Waals surface area contributed by atoms with Gasteiger partial charge in [0.2, 0.25) is 0 Å². The average Bonchev–Trinajstić information content (AvgIpc) is 2.64. The van der Waals surface area contributed by atoms with Gasteiger partial charge in [0.05, 0.1) is 18.0 Å². The van der Waals surface area contributed by atoms with E-state index in [4.69, 9.17) is 0 Å². The van der Waals surface area contributed by atoms with E-state index in [1.54, 1.807) is 6.92 Å². The van der Waals surface area contributed by atoms with Crippen LogP contribution in [0, 0.1) is 13.8 Å². The Hall–Kier alpha value is -0.880. The summed E-state index contributed by atoms with van der Waals surface area (Å²) in [5.74, 6) is 0.364. The minimum absolute atomic E-state index is 0.168. The van der Waals surface area contributed by atoms with Crippen LogP contribution in [0.3, 0.4) is 0 Å². The van der Waals surface area contributed by atoms with Gasteiger partial charge < -0.3 is 5.32 Å². The second-order valence-electron chi connectivity index (χ2n) is 4.82. The molecule has 0 radical (unpaired) electrons. The van der Waals surface area contributed by atoms with E-state index in [1.165, 1.54) is 5.56 Å². The van der Waals surface area contributed by atoms with Crippen molar-refractivity contribution in [1.29, 1.82) is 0 Å². The zero-order valence-corrected chi connectivity index (χ0v) is 13.2. The molecule has 1 aromatic heterocycles. The first-order valence-electron chi connectivity index (χ1n) is 6.79. The maximum Gasteiger partial charge on any atom is 0.151 e. The molecule has 19 heavy (non-hydrogen) atoms. The number of aryl methyl sites for hydroxylation is 2. The van der Waals surface area contributed by atoms with Crippen molar-refractivity contribution in [1.82, 2.24) is 15.1 Å². The van der Waals surface area contributed by atoms with Crippen LogP contribution in [0.4, 0.5) is 0 Å². The molecule has 0 saturated heterocycles. The predicted molar refractivity (Wildman–Crippen MR) is 78.3 cm³/mol. The Balaban J connectivity index is 2.73. The van der Waals surface area contributed by atoms with Crippen LogP contribution < -0.4 is 5.32 Å². The number of nitrogens with one attached hydrogen (secondary N) is 1. The fourth-order valence-corrected chi connectivity index (χ4v) is 2.87. The number of hydrogen-bond acceptors (Lipinski definition) is 4. The maximum absolute atomic E-state index is 11.5. The summed E-state index contributed by atoms with van der Waals surface area (Å²) in [6.07, 6.45) is 2.05. The Kier molecular flexibility index (Phi) is 6.00. The van der Waals surface area contributed by atoms with Gasteiger partial charge in [-0.1, -0.05) is 6.92 Å². The first-order valence-corrected chi connectivity index (χ1v) is 8.61. The molecule has 0 atom stereocenters. The van der Waals surface area contributed by atoms with E-state index in [1.807, 2.05) is 25.6 Å². The number of sulfone groups is 1. The summed E-state index contributed by atoms with van der Waals surface area (Å²) in [5.41, 5.74) is 3.37. The van der Waals surface area contributed by atoms with Gasteiger partial charge in [-0.05, 0) is 45.8 Å². The molecular formula is C13H25N3O2S. The van der Waals surface area contributed by atoms with E-state index in [0.717, 1.165) is 30.8 Å². The quantitative estimate of drug-likeness (QED) is 0.727. The van der Waals surface area contributed by atoms with Crippen molar-refractivity contribution in [3.05, 3.63) is 17.0 Å². The molecule has 0 aliphatic rings. The fourth-order valence-electron chi connectivity index (χ4n) is 2.13. The molecule has 1 rings (SSSR count). The third kappa shape index (κ3) is 4.62. The molecule has 0 spiro atoms. The molecule has 110 valence electrons. The first kappa shape index (κ1) is 16.2. The van der Waals surface area contributed by atoms with Crippen LogP contribution in [0.2, 0.25) is 0 Å². The SMILES string of the molecule is CCS(=O)(=O)CCn1nc(C)c(CCCNC)c1C. The van der Waals surface area contributed by atoms with Crippen molar-refractivity contribution in [3.63, 3.8) is 0 Å². The maximum atomic E-state index is 11.5. The van der Waals surface area contributed by atoms with Crippen molar-refractivity contribution < 1.29 is 8.42 Å². The highest BCUT2D eigenvalue weighted by molar-refractivity contribution is 7.91. The molecule has 6 heteroatoms. The number of aromatic nitrogens is 2. The lowest BCUT2D eigenvalue weighted by molar-refractivity contribution is 0.577. The summed E-state index contributed by atoms with van der Waals surface area (Å²) >= 11 is 0. The molecule has 5 nitrogen and oxygen atoms in total. The topological polar surface area (TPSA) is 64.0 Å². The molecule has 0 unspecified atom stereocenters. The Morgan fingerprint density at radius 1 is 1.32 bits per heavy atom. The van der Waals surface area contributed by atoms with Crippen molar-refractivity contribution in [2.75, 3.05) is 25.1 Å². The monoisotopic (exact) mass is 287 g/mol. The lowest BCUT2D eigenvalue weighted by Crippen LogP contribution is -2.16. The van der Waals surface area contributed by atoms with E-state index in [9.17, 15) is 8.42 Å². The van der Waals surface area contributed by atoms with Crippen molar-refractivity contribution >= 4 is 9.84 Å². The molecule has 0 fully saturated rings. The van der Waals surface area contributed by atoms with Crippen LogP contribution >= 0.6 is 0 Å². The normalized spacial score (nSPS) is 12.0. The minimum atomic E-state index is -2.93. The third-order valence-corrected chi connectivity index (χ3v) is 5.12. The molecule has 0 amide bonds. The summed E-state index contributed by atoms with van der Waals surface area (Å²) in [7, 11) is -0.987. The van der Waals surface area contributed by atoms with E-state index < -0.39 is 9.84 Å². The van der Waals surface area contributed by atoms with Gasteiger partial charge in [-0.2, -0.15) is 5.10 Å². The largest absolute Gasteiger partial charge is 0.320 e. The van der Waals surface area contributed by atoms with Crippen LogP contribution in [-0.2, 0) is 22.8 Å². The van der Waals surface area contributed by atoms with Crippen LogP contribution in [0.5, 0.6) is 0 Å². The third-order valence-electron chi connectivity index (χ3n) is 3.44. The van der Waals surface area contributed by atoms with E-state index >= 15 is 0 Å². The molecule has 1 aromatic rings. The molecule has 0 saturated carbocycles. The van der Waals surface area contributed by atoms with Gasteiger partial charge in [-0.3, -0.25) is 4.68 Å². The molecule has 0 aliphatic carbocycles. The summed E-state index contributed by atoms with van der Waals surface area (Å²) in [4.78, 5) is 0. The minimum Gasteiger partial charge on any atom is -0.320 e. The van der Waals surface area contributed by atoms with Crippen molar-refractivity contribution in [2.45, 2.75) is 40.2 Å². The summed E-state index contributed by atoms with van der Waals surface area (Å²) < 4.78 is 24.9. The van der Waals surface area contributed by atoms with Gasteiger partial charge in [-0.15, -0.1) is 0 Å². The van der Waals surface area contributed by atoms with Gasteiger partial charge in [-0.25, -0.2) is 8.42 Å². The zero-order chi connectivity index (χ0) is 14.5. The Morgan fingerprint density at radius 3 is 2.58 bits per heavy atom. The Labute approximate surface area is 116 Å². The second kappa shape index (κ2) is 7.05. The lowest BCUT2D eigenvalue weighted by Gasteiger charge is -2.06. The van der Waals surface area contributed by atoms with Crippen LogP contribution in [0.25, 0.3) is 0 Å². The molecular weight excluding hydrogens is 262 g/mol. The predicted octanol–water partition coefficient (Wildman–Crippen LogP) is 1.09. The van der Waals surface area contributed by atoms with Crippen LogP contribution in [-0.4, -0.2) is 43.3 Å². The number of rotatable bonds is 8. The molecule has 0 bridgehead atoms. The molecule has 0 aliphatic heterocycles. The van der Waals surface area contributed by atoms with Crippen LogP contribution in [0.1, 0.15) is 30.3 Å². The number of nitrogens with zero attached hydrogens (tertiary/aromatic N) is 2. The summed E-state index contributed by atoms with van der Waals surface area (Å²) in [6, 6.07) is 0. The highest BCUT2D eigenvalue weighted by Crippen LogP contribution is 2.15. The zero-order valence-electron chi connectivity index (χ0n) is 12.4. The molecule has 1 heterocycles. The lowest BCUT2D eigenvalue weighted by atomic mass is 10.1.